The normalized spacial score (nSPS) is 11.8. The number of rotatable bonds is 18. The van der Waals surface area contributed by atoms with Gasteiger partial charge in [-0.05, 0) is 26.2 Å². The Morgan fingerprint density at radius 2 is 1.38 bits per heavy atom. The van der Waals surface area contributed by atoms with E-state index >= 15 is 0 Å². The molecule has 1 unspecified atom stereocenters. The number of carbonyl (C=O) groups excluding carboxylic acids is 2. The summed E-state index contributed by atoms with van der Waals surface area (Å²) in [5.41, 5.74) is 0. The van der Waals surface area contributed by atoms with Crippen LogP contribution in [0.4, 0.5) is 0 Å². The topological polar surface area (TPSA) is 52.6 Å². The van der Waals surface area contributed by atoms with E-state index in [1.54, 1.807) is 6.08 Å². The molecule has 26 heavy (non-hydrogen) atoms. The van der Waals surface area contributed by atoms with Gasteiger partial charge in [0.15, 0.2) is 0 Å². The van der Waals surface area contributed by atoms with E-state index in [1.165, 1.54) is 44.9 Å². The van der Waals surface area contributed by atoms with Crippen molar-refractivity contribution in [1.29, 1.82) is 0 Å². The van der Waals surface area contributed by atoms with Crippen LogP contribution in [0.2, 0.25) is 0 Å². The van der Waals surface area contributed by atoms with Crippen molar-refractivity contribution in [3.05, 3.63) is 12.7 Å². The number of hydrogen-bond donors (Lipinski definition) is 0. The van der Waals surface area contributed by atoms with E-state index in [2.05, 4.69) is 13.5 Å². The van der Waals surface area contributed by atoms with Crippen molar-refractivity contribution in [3.8, 4) is 0 Å². The lowest BCUT2D eigenvalue weighted by Gasteiger charge is -2.10. The first-order chi connectivity index (χ1) is 12.6. The molecule has 0 spiro atoms. The molecule has 0 N–H and O–H groups in total. The van der Waals surface area contributed by atoms with Gasteiger partial charge in [-0.3, -0.25) is 9.59 Å². The van der Waals surface area contributed by atoms with Crippen LogP contribution in [-0.2, 0) is 19.1 Å². The van der Waals surface area contributed by atoms with E-state index in [1.807, 2.05) is 6.92 Å². The molecule has 152 valence electrons. The van der Waals surface area contributed by atoms with Gasteiger partial charge in [0.1, 0.15) is 6.10 Å². The highest BCUT2D eigenvalue weighted by Crippen LogP contribution is 2.10. The molecule has 0 aliphatic rings. The van der Waals surface area contributed by atoms with E-state index in [-0.39, 0.29) is 18.0 Å². The summed E-state index contributed by atoms with van der Waals surface area (Å²) in [6, 6.07) is 0. The van der Waals surface area contributed by atoms with E-state index in [0.29, 0.717) is 38.7 Å². The van der Waals surface area contributed by atoms with Gasteiger partial charge in [0.2, 0.25) is 0 Å². The summed E-state index contributed by atoms with van der Waals surface area (Å²) >= 11 is 0. The van der Waals surface area contributed by atoms with Crippen molar-refractivity contribution in [2.75, 3.05) is 6.61 Å². The van der Waals surface area contributed by atoms with Crippen molar-refractivity contribution in [2.24, 2.45) is 0 Å². The fourth-order valence-corrected chi connectivity index (χ4v) is 2.78. The SMILES string of the molecule is C=CCC(C)OC(=O)CCCCC(=O)OCCCCCCCCCCC. The first-order valence-electron chi connectivity index (χ1n) is 10.6. The van der Waals surface area contributed by atoms with E-state index in [4.69, 9.17) is 9.47 Å². The van der Waals surface area contributed by atoms with Crippen LogP contribution in [0.5, 0.6) is 0 Å². The van der Waals surface area contributed by atoms with Gasteiger partial charge < -0.3 is 9.47 Å². The highest BCUT2D eigenvalue weighted by molar-refractivity contribution is 5.70. The van der Waals surface area contributed by atoms with Gasteiger partial charge in [0.25, 0.3) is 0 Å². The monoisotopic (exact) mass is 368 g/mol. The Morgan fingerprint density at radius 1 is 0.846 bits per heavy atom. The average Bonchev–Trinajstić information content (AvgIpc) is 2.60. The molecule has 0 saturated heterocycles. The average molecular weight is 369 g/mol. The second kappa shape index (κ2) is 18.5. The first kappa shape index (κ1) is 24.7. The second-order valence-corrected chi connectivity index (χ2v) is 7.08. The Hall–Kier alpha value is -1.32. The Kier molecular flexibility index (Phi) is 17.5. The summed E-state index contributed by atoms with van der Waals surface area (Å²) in [6.45, 7) is 8.23. The van der Waals surface area contributed by atoms with Crippen molar-refractivity contribution >= 4 is 11.9 Å². The fraction of sp³-hybridized carbons (Fsp3) is 0.818. The third kappa shape index (κ3) is 17.5. The summed E-state index contributed by atoms with van der Waals surface area (Å²) in [5, 5.41) is 0. The van der Waals surface area contributed by atoms with Gasteiger partial charge in [-0.25, -0.2) is 0 Å². The fourth-order valence-electron chi connectivity index (χ4n) is 2.78. The molecule has 0 heterocycles. The largest absolute Gasteiger partial charge is 0.466 e. The summed E-state index contributed by atoms with van der Waals surface area (Å²) in [5.74, 6) is -0.361. The molecule has 0 aromatic rings. The van der Waals surface area contributed by atoms with Crippen molar-refractivity contribution in [2.45, 2.75) is 110 Å². The minimum absolute atomic E-state index is 0.124. The Morgan fingerprint density at radius 3 is 1.96 bits per heavy atom. The third-order valence-corrected chi connectivity index (χ3v) is 4.35. The first-order valence-corrected chi connectivity index (χ1v) is 10.6. The van der Waals surface area contributed by atoms with Crippen LogP contribution in [0.1, 0.15) is 104 Å². The lowest BCUT2D eigenvalue weighted by Crippen LogP contribution is -2.14. The van der Waals surface area contributed by atoms with E-state index in [9.17, 15) is 9.59 Å². The number of ether oxygens (including phenoxy) is 2. The number of esters is 2. The molecule has 0 aromatic carbocycles. The standard InChI is InChI=1S/C22H40O4/c1-4-6-7-8-9-10-11-12-15-19-25-21(23)17-13-14-18-22(24)26-20(3)16-5-2/h5,20H,2,4,6-19H2,1,3H3. The molecule has 1 atom stereocenters. The molecule has 0 amide bonds. The van der Waals surface area contributed by atoms with E-state index in [0.717, 1.165) is 12.8 Å². The zero-order chi connectivity index (χ0) is 19.5. The quantitative estimate of drug-likeness (QED) is 0.166. The van der Waals surface area contributed by atoms with Crippen molar-refractivity contribution < 1.29 is 19.1 Å². The molecule has 0 aliphatic heterocycles. The van der Waals surface area contributed by atoms with Gasteiger partial charge in [-0.15, -0.1) is 6.58 Å². The highest BCUT2D eigenvalue weighted by atomic mass is 16.5. The molecule has 0 bridgehead atoms. The maximum Gasteiger partial charge on any atom is 0.306 e. The minimum atomic E-state index is -0.206. The summed E-state index contributed by atoms with van der Waals surface area (Å²) in [6.07, 6.45) is 15.6. The van der Waals surface area contributed by atoms with Gasteiger partial charge in [-0.1, -0.05) is 64.4 Å². The van der Waals surface area contributed by atoms with Crippen LogP contribution in [0.3, 0.4) is 0 Å². The zero-order valence-corrected chi connectivity index (χ0v) is 17.1. The van der Waals surface area contributed by atoms with Crippen molar-refractivity contribution in [1.82, 2.24) is 0 Å². The molecule has 0 rings (SSSR count). The molecular weight excluding hydrogens is 328 g/mol. The lowest BCUT2D eigenvalue weighted by atomic mass is 10.1. The highest BCUT2D eigenvalue weighted by Gasteiger charge is 2.09. The molecule has 0 saturated carbocycles. The van der Waals surface area contributed by atoms with Gasteiger partial charge in [-0.2, -0.15) is 0 Å². The Labute approximate surface area is 160 Å². The Bertz CT molecular complexity index is 365. The van der Waals surface area contributed by atoms with Crippen LogP contribution in [-0.4, -0.2) is 24.6 Å². The van der Waals surface area contributed by atoms with Gasteiger partial charge in [0, 0.05) is 19.3 Å². The van der Waals surface area contributed by atoms with Crippen LogP contribution >= 0.6 is 0 Å². The smallest absolute Gasteiger partial charge is 0.306 e. The lowest BCUT2D eigenvalue weighted by molar-refractivity contribution is -0.149. The third-order valence-electron chi connectivity index (χ3n) is 4.35. The molecule has 0 aromatic heterocycles. The molecule has 4 heteroatoms. The molecule has 4 nitrogen and oxygen atoms in total. The maximum atomic E-state index is 11.6. The van der Waals surface area contributed by atoms with Crippen LogP contribution in [0, 0.1) is 0 Å². The zero-order valence-electron chi connectivity index (χ0n) is 17.1. The predicted octanol–water partition coefficient (Wildman–Crippen LogP) is 6.13. The minimum Gasteiger partial charge on any atom is -0.466 e. The molecular formula is C22H40O4. The van der Waals surface area contributed by atoms with Crippen molar-refractivity contribution in [3.63, 3.8) is 0 Å². The number of unbranched alkanes of at least 4 members (excludes halogenated alkanes) is 9. The van der Waals surface area contributed by atoms with Gasteiger partial charge >= 0.3 is 11.9 Å². The van der Waals surface area contributed by atoms with Gasteiger partial charge in [0.05, 0.1) is 6.61 Å². The molecule has 0 aliphatic carbocycles. The number of carbonyl (C=O) groups is 2. The maximum absolute atomic E-state index is 11.6. The summed E-state index contributed by atoms with van der Waals surface area (Å²) in [7, 11) is 0. The van der Waals surface area contributed by atoms with Crippen LogP contribution in [0.15, 0.2) is 12.7 Å². The second-order valence-electron chi connectivity index (χ2n) is 7.08. The summed E-state index contributed by atoms with van der Waals surface area (Å²) in [4.78, 5) is 23.2. The molecule has 0 fully saturated rings. The summed E-state index contributed by atoms with van der Waals surface area (Å²) < 4.78 is 10.4. The molecule has 0 radical (unpaired) electrons. The van der Waals surface area contributed by atoms with Crippen LogP contribution < -0.4 is 0 Å². The van der Waals surface area contributed by atoms with Crippen LogP contribution in [0.25, 0.3) is 0 Å². The Balaban J connectivity index is 3.36. The predicted molar refractivity (Wildman–Crippen MR) is 107 cm³/mol. The van der Waals surface area contributed by atoms with E-state index < -0.39 is 0 Å². The number of hydrogen-bond acceptors (Lipinski definition) is 4.